The lowest BCUT2D eigenvalue weighted by atomic mass is 10.1. The van der Waals surface area contributed by atoms with E-state index < -0.39 is 0 Å². The molecule has 0 bridgehead atoms. The smallest absolute Gasteiger partial charge is 0.0349 e. The third kappa shape index (κ3) is 1.43. The SMILES string of the molecule is [CH2]c1ccc(Br)c(Br)c1C. The molecule has 0 heterocycles. The second-order valence-electron chi connectivity index (χ2n) is 2.15. The van der Waals surface area contributed by atoms with Gasteiger partial charge in [0.1, 0.15) is 0 Å². The van der Waals surface area contributed by atoms with Crippen LogP contribution in [0.1, 0.15) is 11.1 Å². The summed E-state index contributed by atoms with van der Waals surface area (Å²) >= 11 is 6.85. The van der Waals surface area contributed by atoms with Gasteiger partial charge in [0, 0.05) is 8.95 Å². The normalized spacial score (nSPS) is 10.0. The average molecular weight is 263 g/mol. The lowest BCUT2D eigenvalue weighted by molar-refractivity contribution is 1.36. The van der Waals surface area contributed by atoms with E-state index in [-0.39, 0.29) is 0 Å². The molecule has 1 aromatic rings. The maximum atomic E-state index is 3.87. The Morgan fingerprint density at radius 1 is 1.30 bits per heavy atom. The van der Waals surface area contributed by atoms with E-state index in [1.165, 1.54) is 5.56 Å². The molecule has 0 unspecified atom stereocenters. The van der Waals surface area contributed by atoms with Crippen LogP contribution in [0.25, 0.3) is 0 Å². The molecule has 0 amide bonds. The Hall–Kier alpha value is 0.180. The molecule has 0 aliphatic carbocycles. The average Bonchev–Trinajstić information content (AvgIpc) is 1.93. The summed E-state index contributed by atoms with van der Waals surface area (Å²) in [6.07, 6.45) is 0. The quantitative estimate of drug-likeness (QED) is 0.669. The molecule has 0 aliphatic heterocycles. The largest absolute Gasteiger partial charge is 0.0576 e. The minimum atomic E-state index is 1.06. The molecule has 1 rings (SSSR count). The molecule has 53 valence electrons. The van der Waals surface area contributed by atoms with Gasteiger partial charge in [0.05, 0.1) is 0 Å². The van der Waals surface area contributed by atoms with Crippen molar-refractivity contribution in [2.24, 2.45) is 0 Å². The van der Waals surface area contributed by atoms with Crippen LogP contribution in [0.4, 0.5) is 0 Å². The highest BCUT2D eigenvalue weighted by Gasteiger charge is 2.00. The van der Waals surface area contributed by atoms with E-state index >= 15 is 0 Å². The molecule has 10 heavy (non-hydrogen) atoms. The molecular weight excluding hydrogens is 256 g/mol. The van der Waals surface area contributed by atoms with Crippen molar-refractivity contribution >= 4 is 31.9 Å². The summed E-state index contributed by atoms with van der Waals surface area (Å²) in [6.45, 7) is 5.91. The van der Waals surface area contributed by atoms with Crippen LogP contribution in [-0.2, 0) is 0 Å². The maximum absolute atomic E-state index is 3.87. The number of hydrogen-bond acceptors (Lipinski definition) is 0. The minimum absolute atomic E-state index is 1.06. The molecular formula is C8H7Br2. The van der Waals surface area contributed by atoms with E-state index in [2.05, 4.69) is 38.8 Å². The molecule has 0 fully saturated rings. The number of benzene rings is 1. The lowest BCUT2D eigenvalue weighted by Crippen LogP contribution is -1.82. The Labute approximate surface area is 77.9 Å². The standard InChI is InChI=1S/C8H7Br2/c1-5-3-4-7(9)8(10)6(5)2/h3-4H,1H2,2H3. The number of hydrogen-bond donors (Lipinski definition) is 0. The fourth-order valence-corrected chi connectivity index (χ4v) is 1.51. The second-order valence-corrected chi connectivity index (χ2v) is 3.79. The third-order valence-electron chi connectivity index (χ3n) is 1.45. The second kappa shape index (κ2) is 3.05. The topological polar surface area (TPSA) is 0 Å². The highest BCUT2D eigenvalue weighted by Crippen LogP contribution is 2.27. The highest BCUT2D eigenvalue weighted by molar-refractivity contribution is 9.13. The van der Waals surface area contributed by atoms with Gasteiger partial charge in [0.25, 0.3) is 0 Å². The van der Waals surface area contributed by atoms with Crippen LogP contribution in [0.5, 0.6) is 0 Å². The van der Waals surface area contributed by atoms with Crippen molar-refractivity contribution < 1.29 is 0 Å². The van der Waals surface area contributed by atoms with Crippen molar-refractivity contribution in [2.75, 3.05) is 0 Å². The van der Waals surface area contributed by atoms with Gasteiger partial charge in [-0.1, -0.05) is 6.07 Å². The van der Waals surface area contributed by atoms with Crippen LogP contribution < -0.4 is 0 Å². The van der Waals surface area contributed by atoms with E-state index in [1.807, 2.05) is 19.1 Å². The van der Waals surface area contributed by atoms with E-state index in [0.717, 1.165) is 14.5 Å². The molecule has 1 radical (unpaired) electrons. The molecule has 0 atom stereocenters. The Kier molecular flexibility index (Phi) is 2.53. The van der Waals surface area contributed by atoms with E-state index in [1.54, 1.807) is 0 Å². The van der Waals surface area contributed by atoms with Crippen molar-refractivity contribution in [3.05, 3.63) is 39.1 Å². The zero-order chi connectivity index (χ0) is 7.72. The van der Waals surface area contributed by atoms with Crippen LogP contribution >= 0.6 is 31.9 Å². The van der Waals surface area contributed by atoms with E-state index in [9.17, 15) is 0 Å². The van der Waals surface area contributed by atoms with Crippen LogP contribution in [0.3, 0.4) is 0 Å². The molecule has 0 N–H and O–H groups in total. The molecule has 0 nitrogen and oxygen atoms in total. The van der Waals surface area contributed by atoms with Crippen molar-refractivity contribution in [3.63, 3.8) is 0 Å². The predicted octanol–water partition coefficient (Wildman–Crippen LogP) is 3.70. The van der Waals surface area contributed by atoms with Crippen LogP contribution in [0, 0.1) is 13.8 Å². The van der Waals surface area contributed by atoms with Crippen molar-refractivity contribution in [1.82, 2.24) is 0 Å². The van der Waals surface area contributed by atoms with E-state index in [4.69, 9.17) is 0 Å². The van der Waals surface area contributed by atoms with Gasteiger partial charge >= 0.3 is 0 Å². The van der Waals surface area contributed by atoms with Gasteiger partial charge in [-0.25, -0.2) is 0 Å². The Morgan fingerprint density at radius 2 is 1.90 bits per heavy atom. The zero-order valence-corrected chi connectivity index (χ0v) is 8.79. The molecule has 2 heteroatoms. The van der Waals surface area contributed by atoms with Crippen molar-refractivity contribution in [2.45, 2.75) is 6.92 Å². The van der Waals surface area contributed by atoms with Gasteiger partial charge in [-0.2, -0.15) is 0 Å². The first-order valence-electron chi connectivity index (χ1n) is 2.89. The monoisotopic (exact) mass is 261 g/mol. The lowest BCUT2D eigenvalue weighted by Gasteiger charge is -2.03. The number of rotatable bonds is 0. The van der Waals surface area contributed by atoms with Gasteiger partial charge < -0.3 is 0 Å². The maximum Gasteiger partial charge on any atom is 0.0349 e. The summed E-state index contributed by atoms with van der Waals surface area (Å²) in [5.41, 5.74) is 2.25. The molecule has 0 aliphatic rings. The van der Waals surface area contributed by atoms with Gasteiger partial charge in [-0.3, -0.25) is 0 Å². The fourth-order valence-electron chi connectivity index (χ4n) is 0.692. The van der Waals surface area contributed by atoms with Gasteiger partial charge in [0.15, 0.2) is 0 Å². The first-order chi connectivity index (χ1) is 4.63. The third-order valence-corrected chi connectivity index (χ3v) is 3.67. The molecule has 0 aromatic heterocycles. The summed E-state index contributed by atoms with van der Waals surface area (Å²) in [6, 6.07) is 3.98. The summed E-state index contributed by atoms with van der Waals surface area (Å²) in [5, 5.41) is 0. The van der Waals surface area contributed by atoms with E-state index in [0.29, 0.717) is 0 Å². The molecule has 1 aromatic carbocycles. The zero-order valence-electron chi connectivity index (χ0n) is 5.62. The van der Waals surface area contributed by atoms with Gasteiger partial charge in [-0.15, -0.1) is 0 Å². The Balaban J connectivity index is 3.34. The molecule has 0 saturated carbocycles. The summed E-state index contributed by atoms with van der Waals surface area (Å²) in [5.74, 6) is 0. The van der Waals surface area contributed by atoms with Crippen LogP contribution in [0.2, 0.25) is 0 Å². The molecule has 0 saturated heterocycles. The summed E-state index contributed by atoms with van der Waals surface area (Å²) in [7, 11) is 0. The Morgan fingerprint density at radius 3 is 2.40 bits per heavy atom. The number of halogens is 2. The fraction of sp³-hybridized carbons (Fsp3) is 0.125. The summed E-state index contributed by atoms with van der Waals surface area (Å²) < 4.78 is 2.18. The van der Waals surface area contributed by atoms with Gasteiger partial charge in [0.2, 0.25) is 0 Å². The summed E-state index contributed by atoms with van der Waals surface area (Å²) in [4.78, 5) is 0. The van der Waals surface area contributed by atoms with Crippen molar-refractivity contribution in [3.8, 4) is 0 Å². The Bertz CT molecular complexity index is 227. The highest BCUT2D eigenvalue weighted by atomic mass is 79.9. The predicted molar refractivity (Wildman–Crippen MR) is 51.0 cm³/mol. The van der Waals surface area contributed by atoms with Crippen LogP contribution in [0.15, 0.2) is 21.1 Å². The van der Waals surface area contributed by atoms with Gasteiger partial charge in [-0.05, 0) is 62.9 Å². The molecule has 0 spiro atoms. The first kappa shape index (κ1) is 8.28. The van der Waals surface area contributed by atoms with Crippen molar-refractivity contribution in [1.29, 1.82) is 0 Å². The first-order valence-corrected chi connectivity index (χ1v) is 4.48. The minimum Gasteiger partial charge on any atom is -0.0576 e. The van der Waals surface area contributed by atoms with Crippen LogP contribution in [-0.4, -0.2) is 0 Å².